The minimum Gasteiger partial charge on any atom is -0.494 e. The van der Waals surface area contributed by atoms with Gasteiger partial charge in [-0.15, -0.1) is 10.2 Å². The highest BCUT2D eigenvalue weighted by atomic mass is 16.5. The Morgan fingerprint density at radius 1 is 1.04 bits per heavy atom. The second-order valence-corrected chi connectivity index (χ2v) is 5.53. The number of ether oxygens (including phenoxy) is 3. The van der Waals surface area contributed by atoms with Gasteiger partial charge in [0.2, 0.25) is 18.2 Å². The number of hydrogen-bond donors (Lipinski definition) is 1. The molecule has 9 heteroatoms. The molecular formula is C18H19N5O4. The zero-order valence-electron chi connectivity index (χ0n) is 15.4. The zero-order valence-corrected chi connectivity index (χ0v) is 15.4. The number of rotatable bonds is 7. The number of methoxy groups -OCH3 is 3. The lowest BCUT2D eigenvalue weighted by atomic mass is 10.2. The normalized spacial score (nSPS) is 10.4. The van der Waals surface area contributed by atoms with E-state index in [0.29, 0.717) is 41.0 Å². The van der Waals surface area contributed by atoms with Gasteiger partial charge in [0.25, 0.3) is 0 Å². The third kappa shape index (κ3) is 3.39. The van der Waals surface area contributed by atoms with E-state index in [4.69, 9.17) is 14.2 Å². The molecule has 2 heterocycles. The third-order valence-electron chi connectivity index (χ3n) is 3.86. The number of aromatic nitrogens is 4. The summed E-state index contributed by atoms with van der Waals surface area (Å²) in [6, 6.07) is 8.99. The van der Waals surface area contributed by atoms with Crippen LogP contribution in [0, 0.1) is 6.92 Å². The quantitative estimate of drug-likeness (QED) is 0.637. The van der Waals surface area contributed by atoms with Crippen LogP contribution in [0.2, 0.25) is 0 Å². The number of para-hydroxylation sites is 1. The van der Waals surface area contributed by atoms with Crippen molar-refractivity contribution < 1.29 is 19.0 Å². The average molecular weight is 369 g/mol. The van der Waals surface area contributed by atoms with E-state index in [-0.39, 0.29) is 5.95 Å². The fourth-order valence-electron chi connectivity index (χ4n) is 2.71. The third-order valence-corrected chi connectivity index (χ3v) is 3.86. The highest BCUT2D eigenvalue weighted by Gasteiger charge is 2.23. The Morgan fingerprint density at radius 2 is 1.74 bits per heavy atom. The number of nitrogens with one attached hydrogen (secondary N) is 1. The first-order valence-corrected chi connectivity index (χ1v) is 8.03. The van der Waals surface area contributed by atoms with E-state index in [9.17, 15) is 4.79 Å². The molecule has 9 nitrogen and oxygen atoms in total. The molecule has 3 rings (SSSR count). The molecule has 0 fully saturated rings. The molecule has 0 aliphatic carbocycles. The van der Waals surface area contributed by atoms with Gasteiger partial charge in [0, 0.05) is 6.07 Å². The van der Waals surface area contributed by atoms with Gasteiger partial charge in [-0.25, -0.2) is 4.98 Å². The molecule has 0 atom stereocenters. The number of carbonyl (C=O) groups is 1. The summed E-state index contributed by atoms with van der Waals surface area (Å²) in [6.45, 7) is 1.92. The maximum absolute atomic E-state index is 11.1. The van der Waals surface area contributed by atoms with Crippen molar-refractivity contribution in [2.45, 2.75) is 6.92 Å². The predicted molar refractivity (Wildman–Crippen MR) is 98.7 cm³/mol. The number of aryl methyl sites for hydroxylation is 1. The number of nitrogens with zero attached hydrogens (tertiary/aromatic N) is 4. The Labute approximate surface area is 155 Å². The van der Waals surface area contributed by atoms with Crippen LogP contribution in [0.4, 0.5) is 5.95 Å². The van der Waals surface area contributed by atoms with Crippen molar-refractivity contribution >= 4 is 12.4 Å². The smallest absolute Gasteiger partial charge is 0.236 e. The number of carbonyl (C=O) groups excluding carboxylic acids is 1. The van der Waals surface area contributed by atoms with Crippen LogP contribution in [-0.4, -0.2) is 47.5 Å². The van der Waals surface area contributed by atoms with Crippen molar-refractivity contribution in [3.05, 3.63) is 35.9 Å². The molecule has 0 unspecified atom stereocenters. The minimum atomic E-state index is 0.199. The van der Waals surface area contributed by atoms with Gasteiger partial charge >= 0.3 is 0 Å². The van der Waals surface area contributed by atoms with Crippen LogP contribution < -0.4 is 19.5 Å². The van der Waals surface area contributed by atoms with E-state index in [0.717, 1.165) is 5.56 Å². The topological polar surface area (TPSA) is 100 Å². The lowest BCUT2D eigenvalue weighted by Gasteiger charge is -2.16. The van der Waals surface area contributed by atoms with Gasteiger partial charge in [0.05, 0.1) is 21.3 Å². The number of amides is 1. The van der Waals surface area contributed by atoms with Crippen LogP contribution in [0.5, 0.6) is 17.4 Å². The van der Waals surface area contributed by atoms with Gasteiger partial charge in [-0.05, 0) is 30.7 Å². The van der Waals surface area contributed by atoms with Gasteiger partial charge in [-0.3, -0.25) is 14.7 Å². The molecule has 1 aromatic carbocycles. The second kappa shape index (κ2) is 7.73. The number of benzene rings is 1. The average Bonchev–Trinajstić information content (AvgIpc) is 3.10. The van der Waals surface area contributed by atoms with E-state index in [2.05, 4.69) is 20.5 Å². The first-order chi connectivity index (χ1) is 13.1. The zero-order chi connectivity index (χ0) is 19.4. The minimum absolute atomic E-state index is 0.199. The van der Waals surface area contributed by atoms with E-state index in [1.165, 1.54) is 0 Å². The van der Waals surface area contributed by atoms with Gasteiger partial charge < -0.3 is 14.2 Å². The summed E-state index contributed by atoms with van der Waals surface area (Å²) < 4.78 is 17.8. The lowest BCUT2D eigenvalue weighted by molar-refractivity contribution is -0.105. The summed E-state index contributed by atoms with van der Waals surface area (Å²) >= 11 is 0. The van der Waals surface area contributed by atoms with Crippen molar-refractivity contribution in [3.63, 3.8) is 0 Å². The van der Waals surface area contributed by atoms with Crippen LogP contribution >= 0.6 is 0 Å². The molecular weight excluding hydrogens is 350 g/mol. The lowest BCUT2D eigenvalue weighted by Crippen LogP contribution is -2.09. The Morgan fingerprint density at radius 3 is 2.33 bits per heavy atom. The fraction of sp³-hybridized carbons (Fsp3) is 0.222. The number of hydrogen-bond acceptors (Lipinski definition) is 7. The van der Waals surface area contributed by atoms with E-state index in [1.54, 1.807) is 50.2 Å². The van der Waals surface area contributed by atoms with Crippen molar-refractivity contribution in [1.29, 1.82) is 0 Å². The first kappa shape index (κ1) is 18.2. The molecule has 27 heavy (non-hydrogen) atoms. The van der Waals surface area contributed by atoms with E-state index in [1.807, 2.05) is 13.0 Å². The molecule has 0 aliphatic rings. The highest BCUT2D eigenvalue weighted by Crippen LogP contribution is 2.37. The van der Waals surface area contributed by atoms with E-state index >= 15 is 0 Å². The fourth-order valence-corrected chi connectivity index (χ4v) is 2.71. The van der Waals surface area contributed by atoms with Gasteiger partial charge in [0.1, 0.15) is 22.9 Å². The molecule has 140 valence electrons. The van der Waals surface area contributed by atoms with Crippen molar-refractivity contribution in [2.75, 3.05) is 26.6 Å². The molecule has 0 radical (unpaired) electrons. The van der Waals surface area contributed by atoms with Crippen molar-refractivity contribution in [3.8, 4) is 34.6 Å². The standard InChI is InChI=1S/C18H19N5O4/c1-11-8-12(20-15(9-11)27-4)17-21-22-18(19-10-24)23(17)16-13(25-2)6-5-7-14(16)26-3/h5-10H,1-4H3,(H,19,22,24). The Bertz CT molecular complexity index is 948. The highest BCUT2D eigenvalue weighted by molar-refractivity contribution is 5.73. The molecule has 0 spiro atoms. The SMILES string of the molecule is COc1cc(C)cc(-c2nnc(NC=O)n2-c2c(OC)cccc2OC)n1. The van der Waals surface area contributed by atoms with Crippen molar-refractivity contribution in [1.82, 2.24) is 19.7 Å². The van der Waals surface area contributed by atoms with Crippen molar-refractivity contribution in [2.24, 2.45) is 0 Å². The monoisotopic (exact) mass is 369 g/mol. The van der Waals surface area contributed by atoms with Crippen LogP contribution in [0.1, 0.15) is 5.56 Å². The van der Waals surface area contributed by atoms with Gasteiger partial charge in [-0.2, -0.15) is 0 Å². The number of pyridine rings is 1. The largest absolute Gasteiger partial charge is 0.494 e. The first-order valence-electron chi connectivity index (χ1n) is 8.03. The molecule has 0 aliphatic heterocycles. The van der Waals surface area contributed by atoms with Crippen LogP contribution in [0.3, 0.4) is 0 Å². The Kier molecular flexibility index (Phi) is 5.20. The molecule has 1 N–H and O–H groups in total. The molecule has 3 aromatic rings. The molecule has 1 amide bonds. The summed E-state index contributed by atoms with van der Waals surface area (Å²) in [5.41, 5.74) is 1.99. The maximum Gasteiger partial charge on any atom is 0.236 e. The molecule has 0 saturated heterocycles. The number of anilines is 1. The van der Waals surface area contributed by atoms with Crippen LogP contribution in [0.25, 0.3) is 17.2 Å². The van der Waals surface area contributed by atoms with Crippen LogP contribution in [-0.2, 0) is 4.79 Å². The molecule has 2 aromatic heterocycles. The Hall–Kier alpha value is -3.62. The predicted octanol–water partition coefficient (Wildman–Crippen LogP) is 2.23. The second-order valence-electron chi connectivity index (χ2n) is 5.53. The summed E-state index contributed by atoms with van der Waals surface area (Å²) in [4.78, 5) is 15.5. The summed E-state index contributed by atoms with van der Waals surface area (Å²) in [5, 5.41) is 10.8. The summed E-state index contributed by atoms with van der Waals surface area (Å²) in [7, 11) is 4.63. The van der Waals surface area contributed by atoms with Gasteiger partial charge in [0.15, 0.2) is 5.82 Å². The molecule has 0 saturated carbocycles. The summed E-state index contributed by atoms with van der Waals surface area (Å²) in [6.07, 6.45) is 0.524. The van der Waals surface area contributed by atoms with E-state index < -0.39 is 0 Å². The summed E-state index contributed by atoms with van der Waals surface area (Å²) in [5.74, 6) is 2.07. The van der Waals surface area contributed by atoms with Gasteiger partial charge in [-0.1, -0.05) is 6.07 Å². The molecule has 0 bridgehead atoms. The van der Waals surface area contributed by atoms with Crippen LogP contribution in [0.15, 0.2) is 30.3 Å². The Balaban J connectivity index is 2.32. The maximum atomic E-state index is 11.1.